The molecule has 0 spiro atoms. The highest BCUT2D eigenvalue weighted by Crippen LogP contribution is 2.29. The smallest absolute Gasteiger partial charge is 0.222 e. The van der Waals surface area contributed by atoms with E-state index >= 15 is 0 Å². The number of rotatable bonds is 4. The van der Waals surface area contributed by atoms with E-state index in [-0.39, 0.29) is 5.95 Å². The summed E-state index contributed by atoms with van der Waals surface area (Å²) in [7, 11) is 0. The molecule has 1 aromatic heterocycles. The largest absolute Gasteiger partial charge is 0.492 e. The van der Waals surface area contributed by atoms with Gasteiger partial charge in [-0.2, -0.15) is 4.98 Å². The molecule has 5 nitrogen and oxygen atoms in total. The van der Waals surface area contributed by atoms with Crippen LogP contribution < -0.4 is 16.2 Å². The lowest BCUT2D eigenvalue weighted by Gasteiger charge is -2.11. The summed E-state index contributed by atoms with van der Waals surface area (Å²) in [6.45, 7) is 0.459. The van der Waals surface area contributed by atoms with Gasteiger partial charge in [-0.1, -0.05) is 35.3 Å². The van der Waals surface area contributed by atoms with Crippen molar-refractivity contribution in [3.8, 4) is 5.75 Å². The highest BCUT2D eigenvalue weighted by molar-refractivity contribution is 6.42. The standard InChI is InChI=1S/C16H14Cl2N4O/c17-10-5-4-9(8-11(10)18)6-7-23-13-3-1-2-12-14(13)15(19)22-16(20)21-12/h1-5,8H,6-7H2,(H4,19,20,21,22). The molecular formula is C16H14Cl2N4O. The summed E-state index contributed by atoms with van der Waals surface area (Å²) in [4.78, 5) is 8.14. The van der Waals surface area contributed by atoms with E-state index < -0.39 is 0 Å². The fourth-order valence-electron chi connectivity index (χ4n) is 2.29. The van der Waals surface area contributed by atoms with Crippen LogP contribution in [0.4, 0.5) is 11.8 Å². The van der Waals surface area contributed by atoms with Crippen LogP contribution in [-0.4, -0.2) is 16.6 Å². The maximum Gasteiger partial charge on any atom is 0.222 e. The van der Waals surface area contributed by atoms with E-state index in [1.807, 2.05) is 30.3 Å². The average Bonchev–Trinajstić information content (AvgIpc) is 2.50. The Balaban J connectivity index is 1.78. The van der Waals surface area contributed by atoms with Gasteiger partial charge in [0.1, 0.15) is 11.6 Å². The van der Waals surface area contributed by atoms with Gasteiger partial charge in [0.2, 0.25) is 5.95 Å². The van der Waals surface area contributed by atoms with Crippen LogP contribution in [0.5, 0.6) is 5.75 Å². The van der Waals surface area contributed by atoms with Crippen molar-refractivity contribution in [1.82, 2.24) is 9.97 Å². The van der Waals surface area contributed by atoms with E-state index in [0.717, 1.165) is 5.56 Å². The molecular weight excluding hydrogens is 335 g/mol. The SMILES string of the molecule is Nc1nc(N)c2c(OCCc3ccc(Cl)c(Cl)c3)cccc2n1. The fraction of sp³-hybridized carbons (Fsp3) is 0.125. The molecule has 3 rings (SSSR count). The first kappa shape index (κ1) is 15.6. The predicted octanol–water partition coefficient (Wildman–Crippen LogP) is 3.72. The number of benzene rings is 2. The van der Waals surface area contributed by atoms with Crippen LogP contribution in [0, 0.1) is 0 Å². The van der Waals surface area contributed by atoms with Crippen molar-refractivity contribution >= 4 is 45.9 Å². The first-order valence-electron chi connectivity index (χ1n) is 6.93. The maximum absolute atomic E-state index is 6.01. The number of anilines is 2. The summed E-state index contributed by atoms with van der Waals surface area (Å²) < 4.78 is 5.84. The van der Waals surface area contributed by atoms with Gasteiger partial charge in [-0.05, 0) is 29.8 Å². The lowest BCUT2D eigenvalue weighted by Crippen LogP contribution is -2.05. The van der Waals surface area contributed by atoms with Crippen LogP contribution in [0.25, 0.3) is 10.9 Å². The molecule has 4 N–H and O–H groups in total. The molecule has 0 radical (unpaired) electrons. The molecule has 3 aromatic rings. The van der Waals surface area contributed by atoms with Gasteiger partial charge in [-0.25, -0.2) is 4.98 Å². The Morgan fingerprint density at radius 2 is 1.83 bits per heavy atom. The number of aromatic nitrogens is 2. The van der Waals surface area contributed by atoms with E-state index in [4.69, 9.17) is 39.4 Å². The summed E-state index contributed by atoms with van der Waals surface area (Å²) in [5.41, 5.74) is 13.2. The first-order chi connectivity index (χ1) is 11.0. The number of fused-ring (bicyclic) bond motifs is 1. The molecule has 0 atom stereocenters. The summed E-state index contributed by atoms with van der Waals surface area (Å²) in [6.07, 6.45) is 0.684. The monoisotopic (exact) mass is 348 g/mol. The van der Waals surface area contributed by atoms with Crippen LogP contribution in [0.3, 0.4) is 0 Å². The highest BCUT2D eigenvalue weighted by Gasteiger charge is 2.09. The Morgan fingerprint density at radius 3 is 2.61 bits per heavy atom. The molecule has 2 aromatic carbocycles. The van der Waals surface area contributed by atoms with Crippen molar-refractivity contribution in [3.63, 3.8) is 0 Å². The van der Waals surface area contributed by atoms with Gasteiger partial charge < -0.3 is 16.2 Å². The third kappa shape index (κ3) is 3.41. The zero-order chi connectivity index (χ0) is 16.4. The second-order valence-corrected chi connectivity index (χ2v) is 5.78. The van der Waals surface area contributed by atoms with Crippen molar-refractivity contribution in [2.75, 3.05) is 18.1 Å². The van der Waals surface area contributed by atoms with Crippen molar-refractivity contribution in [2.45, 2.75) is 6.42 Å². The average molecular weight is 349 g/mol. The number of nitrogen functional groups attached to an aromatic ring is 2. The van der Waals surface area contributed by atoms with Crippen LogP contribution in [0.2, 0.25) is 10.0 Å². The van der Waals surface area contributed by atoms with E-state index in [1.54, 1.807) is 6.07 Å². The maximum atomic E-state index is 6.01. The predicted molar refractivity (Wildman–Crippen MR) is 94.0 cm³/mol. The minimum atomic E-state index is 0.142. The second-order valence-electron chi connectivity index (χ2n) is 4.96. The Morgan fingerprint density at radius 1 is 1.00 bits per heavy atom. The van der Waals surface area contributed by atoms with E-state index in [9.17, 15) is 0 Å². The Bertz CT molecular complexity index is 870. The number of halogens is 2. The molecule has 0 aliphatic heterocycles. The molecule has 1 heterocycles. The number of hydrogen-bond acceptors (Lipinski definition) is 5. The molecule has 23 heavy (non-hydrogen) atoms. The van der Waals surface area contributed by atoms with Gasteiger partial charge >= 0.3 is 0 Å². The fourth-order valence-corrected chi connectivity index (χ4v) is 2.61. The van der Waals surface area contributed by atoms with Crippen molar-refractivity contribution in [3.05, 3.63) is 52.0 Å². The molecule has 0 fully saturated rings. The Labute approximate surface area is 143 Å². The zero-order valence-electron chi connectivity index (χ0n) is 12.1. The lowest BCUT2D eigenvalue weighted by molar-refractivity contribution is 0.326. The molecule has 0 aliphatic carbocycles. The summed E-state index contributed by atoms with van der Waals surface area (Å²) >= 11 is 11.9. The quantitative estimate of drug-likeness (QED) is 0.750. The zero-order valence-corrected chi connectivity index (χ0v) is 13.6. The number of nitrogens with zero attached hydrogens (tertiary/aromatic N) is 2. The summed E-state index contributed by atoms with van der Waals surface area (Å²) in [6, 6.07) is 11.0. The highest BCUT2D eigenvalue weighted by atomic mass is 35.5. The van der Waals surface area contributed by atoms with Crippen molar-refractivity contribution < 1.29 is 4.74 Å². The van der Waals surface area contributed by atoms with Crippen molar-refractivity contribution in [1.29, 1.82) is 0 Å². The minimum Gasteiger partial charge on any atom is -0.492 e. The Kier molecular flexibility index (Phi) is 4.41. The number of hydrogen-bond donors (Lipinski definition) is 2. The third-order valence-corrected chi connectivity index (χ3v) is 4.10. The minimum absolute atomic E-state index is 0.142. The lowest BCUT2D eigenvalue weighted by atomic mass is 10.1. The molecule has 118 valence electrons. The van der Waals surface area contributed by atoms with Gasteiger partial charge in [-0.3, -0.25) is 0 Å². The van der Waals surface area contributed by atoms with E-state index in [1.165, 1.54) is 0 Å². The molecule has 7 heteroatoms. The van der Waals surface area contributed by atoms with Gasteiger partial charge in [-0.15, -0.1) is 0 Å². The second kappa shape index (κ2) is 6.48. The van der Waals surface area contributed by atoms with Gasteiger partial charge in [0.25, 0.3) is 0 Å². The normalized spacial score (nSPS) is 10.9. The molecule has 0 saturated heterocycles. The van der Waals surface area contributed by atoms with Crippen LogP contribution in [0.15, 0.2) is 36.4 Å². The molecule has 0 bridgehead atoms. The number of nitrogens with two attached hydrogens (primary N) is 2. The Hall–Kier alpha value is -2.24. The van der Waals surface area contributed by atoms with Crippen LogP contribution in [-0.2, 0) is 6.42 Å². The third-order valence-electron chi connectivity index (χ3n) is 3.36. The summed E-state index contributed by atoms with van der Waals surface area (Å²) in [5.74, 6) is 1.07. The van der Waals surface area contributed by atoms with Crippen LogP contribution in [0.1, 0.15) is 5.56 Å². The molecule has 0 unspecified atom stereocenters. The summed E-state index contributed by atoms with van der Waals surface area (Å²) in [5, 5.41) is 1.73. The topological polar surface area (TPSA) is 87.0 Å². The van der Waals surface area contributed by atoms with Gasteiger partial charge in [0.15, 0.2) is 0 Å². The van der Waals surface area contributed by atoms with Gasteiger partial charge in [0, 0.05) is 6.42 Å². The number of ether oxygens (including phenoxy) is 1. The molecule has 0 amide bonds. The molecule has 0 aliphatic rings. The first-order valence-corrected chi connectivity index (χ1v) is 7.68. The van der Waals surface area contributed by atoms with Crippen molar-refractivity contribution in [2.24, 2.45) is 0 Å². The van der Waals surface area contributed by atoms with Gasteiger partial charge in [0.05, 0.1) is 27.6 Å². The molecule has 0 saturated carbocycles. The van der Waals surface area contributed by atoms with E-state index in [0.29, 0.717) is 45.5 Å². The van der Waals surface area contributed by atoms with E-state index in [2.05, 4.69) is 9.97 Å². The van der Waals surface area contributed by atoms with Crippen LogP contribution >= 0.6 is 23.2 Å².